The standard InChI is InChI=1S/C4H7NO2.CH4S/c1-3(2)7-4(5)6;1-2/h1H2,2H3,(H2,5,6);2H,1H3. The van der Waals surface area contributed by atoms with Gasteiger partial charge in [0.1, 0.15) is 0 Å². The van der Waals surface area contributed by atoms with Gasteiger partial charge in [-0.05, 0) is 13.2 Å². The van der Waals surface area contributed by atoms with Crippen LogP contribution in [0.2, 0.25) is 0 Å². The molecule has 9 heavy (non-hydrogen) atoms. The predicted octanol–water partition coefficient (Wildman–Crippen LogP) is 1.16. The number of ether oxygens (including phenoxy) is 1. The van der Waals surface area contributed by atoms with Crippen LogP contribution in [-0.2, 0) is 4.74 Å². The van der Waals surface area contributed by atoms with Crippen LogP contribution >= 0.6 is 12.6 Å². The molecule has 0 atom stereocenters. The molecule has 54 valence electrons. The van der Waals surface area contributed by atoms with Gasteiger partial charge in [0.25, 0.3) is 0 Å². The van der Waals surface area contributed by atoms with Crippen LogP contribution in [0.15, 0.2) is 12.3 Å². The Bertz CT molecular complexity index is 91.1. The van der Waals surface area contributed by atoms with E-state index in [9.17, 15) is 4.79 Å². The lowest BCUT2D eigenvalue weighted by molar-refractivity contribution is 0.187. The minimum absolute atomic E-state index is 0.313. The molecule has 0 aliphatic carbocycles. The van der Waals surface area contributed by atoms with Crippen molar-refractivity contribution in [1.29, 1.82) is 0 Å². The second-order valence-electron chi connectivity index (χ2n) is 1.12. The zero-order valence-corrected chi connectivity index (χ0v) is 6.44. The minimum Gasteiger partial charge on any atom is -0.416 e. The molecule has 0 heterocycles. The second kappa shape index (κ2) is 7.36. The molecule has 0 saturated carbocycles. The SMILES string of the molecule is C=C(C)OC(N)=O.CS. The molecule has 0 aromatic rings. The molecule has 0 spiro atoms. The van der Waals surface area contributed by atoms with Gasteiger partial charge in [0, 0.05) is 0 Å². The van der Waals surface area contributed by atoms with E-state index in [1.165, 1.54) is 0 Å². The van der Waals surface area contributed by atoms with Gasteiger partial charge in [0.05, 0.1) is 5.76 Å². The summed E-state index contributed by atoms with van der Waals surface area (Å²) < 4.78 is 4.19. The van der Waals surface area contributed by atoms with Crippen LogP contribution in [0.1, 0.15) is 6.92 Å². The highest BCUT2D eigenvalue weighted by Gasteiger charge is 1.88. The summed E-state index contributed by atoms with van der Waals surface area (Å²) in [5.41, 5.74) is 4.57. The molecule has 0 aromatic heterocycles. The lowest BCUT2D eigenvalue weighted by Gasteiger charge is -1.93. The summed E-state index contributed by atoms with van der Waals surface area (Å²) in [5.74, 6) is 0.313. The first-order chi connectivity index (χ1) is 4.13. The Kier molecular flexibility index (Phi) is 9.16. The van der Waals surface area contributed by atoms with Crippen LogP contribution < -0.4 is 5.73 Å². The fraction of sp³-hybridized carbons (Fsp3) is 0.400. The molecule has 4 heteroatoms. The Morgan fingerprint density at radius 3 is 2.00 bits per heavy atom. The van der Waals surface area contributed by atoms with E-state index >= 15 is 0 Å². The number of carbonyl (C=O) groups excluding carboxylic acids is 1. The van der Waals surface area contributed by atoms with Crippen molar-refractivity contribution >= 4 is 18.7 Å². The maximum Gasteiger partial charge on any atom is 0.409 e. The van der Waals surface area contributed by atoms with E-state index in [4.69, 9.17) is 0 Å². The summed E-state index contributed by atoms with van der Waals surface area (Å²) in [6.07, 6.45) is 0.882. The monoisotopic (exact) mass is 149 g/mol. The van der Waals surface area contributed by atoms with Gasteiger partial charge < -0.3 is 10.5 Å². The molecule has 3 nitrogen and oxygen atoms in total. The number of allylic oxidation sites excluding steroid dienone is 1. The van der Waals surface area contributed by atoms with Gasteiger partial charge in [-0.25, -0.2) is 4.79 Å². The molecule has 0 aromatic carbocycles. The van der Waals surface area contributed by atoms with E-state index in [-0.39, 0.29) is 0 Å². The van der Waals surface area contributed by atoms with Gasteiger partial charge in [0.15, 0.2) is 0 Å². The van der Waals surface area contributed by atoms with Gasteiger partial charge in [-0.1, -0.05) is 6.58 Å². The quantitative estimate of drug-likeness (QED) is 0.434. The summed E-state index contributed by atoms with van der Waals surface area (Å²) >= 11 is 3.53. The van der Waals surface area contributed by atoms with Gasteiger partial charge in [0.2, 0.25) is 0 Å². The van der Waals surface area contributed by atoms with Gasteiger partial charge in [-0.2, -0.15) is 12.6 Å². The number of thiol groups is 1. The number of amides is 1. The first kappa shape index (κ1) is 11.2. The summed E-state index contributed by atoms with van der Waals surface area (Å²) in [4.78, 5) is 9.75. The van der Waals surface area contributed by atoms with Crippen molar-refractivity contribution in [3.63, 3.8) is 0 Å². The average molecular weight is 149 g/mol. The topological polar surface area (TPSA) is 52.3 Å². The molecule has 0 radical (unpaired) electrons. The predicted molar refractivity (Wildman–Crippen MR) is 40.4 cm³/mol. The molecule has 0 saturated heterocycles. The molecule has 0 rings (SSSR count). The molecule has 0 unspecified atom stereocenters. The third-order valence-electron chi connectivity index (χ3n) is 0.275. The Balaban J connectivity index is 0. The van der Waals surface area contributed by atoms with E-state index in [0.717, 1.165) is 0 Å². The molecule has 0 fully saturated rings. The van der Waals surface area contributed by atoms with Crippen molar-refractivity contribution < 1.29 is 9.53 Å². The van der Waals surface area contributed by atoms with E-state index in [1.54, 1.807) is 13.2 Å². The largest absolute Gasteiger partial charge is 0.416 e. The number of hydrogen-bond donors (Lipinski definition) is 2. The van der Waals surface area contributed by atoms with E-state index in [2.05, 4.69) is 29.7 Å². The van der Waals surface area contributed by atoms with Crippen molar-refractivity contribution in [2.24, 2.45) is 5.73 Å². The Morgan fingerprint density at radius 2 is 2.00 bits per heavy atom. The van der Waals surface area contributed by atoms with Crippen LogP contribution in [0, 0.1) is 0 Å². The van der Waals surface area contributed by atoms with Crippen molar-refractivity contribution in [3.8, 4) is 0 Å². The van der Waals surface area contributed by atoms with Crippen LogP contribution in [0.4, 0.5) is 4.79 Å². The minimum atomic E-state index is -0.812. The van der Waals surface area contributed by atoms with E-state index < -0.39 is 6.09 Å². The third-order valence-corrected chi connectivity index (χ3v) is 0.275. The highest BCUT2D eigenvalue weighted by atomic mass is 32.1. The van der Waals surface area contributed by atoms with Crippen molar-refractivity contribution in [3.05, 3.63) is 12.3 Å². The van der Waals surface area contributed by atoms with Crippen LogP contribution in [-0.4, -0.2) is 12.3 Å². The lowest BCUT2D eigenvalue weighted by Crippen LogP contribution is -2.10. The summed E-state index contributed by atoms with van der Waals surface area (Å²) in [6, 6.07) is 0. The lowest BCUT2D eigenvalue weighted by atomic mass is 10.7. The third kappa shape index (κ3) is 18.7. The maximum absolute atomic E-state index is 9.75. The molecular weight excluding hydrogens is 138 g/mol. The first-order valence-electron chi connectivity index (χ1n) is 2.20. The molecule has 0 bridgehead atoms. The van der Waals surface area contributed by atoms with Crippen LogP contribution in [0.3, 0.4) is 0 Å². The van der Waals surface area contributed by atoms with Crippen molar-refractivity contribution in [2.45, 2.75) is 6.92 Å². The zero-order chi connectivity index (χ0) is 7.86. The maximum atomic E-state index is 9.75. The normalized spacial score (nSPS) is 6.56. The summed E-state index contributed by atoms with van der Waals surface area (Å²) in [7, 11) is 0. The average Bonchev–Trinajstić information content (AvgIpc) is 1.68. The molecule has 0 aliphatic rings. The summed E-state index contributed by atoms with van der Waals surface area (Å²) in [6.45, 7) is 4.82. The number of hydrogen-bond acceptors (Lipinski definition) is 3. The first-order valence-corrected chi connectivity index (χ1v) is 3.10. The molecular formula is C5H11NO2S. The molecule has 2 N–H and O–H groups in total. The number of nitrogens with two attached hydrogens (primary N) is 1. The van der Waals surface area contributed by atoms with Gasteiger partial charge in [-0.15, -0.1) is 0 Å². The summed E-state index contributed by atoms with van der Waals surface area (Å²) in [5, 5.41) is 0. The van der Waals surface area contributed by atoms with E-state index in [1.807, 2.05) is 0 Å². The fourth-order valence-electron chi connectivity index (χ4n) is 0.172. The van der Waals surface area contributed by atoms with Gasteiger partial charge >= 0.3 is 6.09 Å². The Hall–Kier alpha value is -0.640. The van der Waals surface area contributed by atoms with Crippen molar-refractivity contribution in [1.82, 2.24) is 0 Å². The fourth-order valence-corrected chi connectivity index (χ4v) is 0.172. The van der Waals surface area contributed by atoms with Crippen LogP contribution in [0.25, 0.3) is 0 Å². The molecule has 0 aliphatic heterocycles. The number of primary amides is 1. The van der Waals surface area contributed by atoms with Gasteiger partial charge in [-0.3, -0.25) is 0 Å². The smallest absolute Gasteiger partial charge is 0.409 e. The molecule has 1 amide bonds. The zero-order valence-electron chi connectivity index (χ0n) is 5.55. The Morgan fingerprint density at radius 1 is 1.67 bits per heavy atom. The second-order valence-corrected chi connectivity index (χ2v) is 1.12. The van der Waals surface area contributed by atoms with Crippen LogP contribution in [0.5, 0.6) is 0 Å². The number of rotatable bonds is 1. The Labute approximate surface area is 60.3 Å². The highest BCUT2D eigenvalue weighted by molar-refractivity contribution is 7.79. The number of carbonyl (C=O) groups is 1. The highest BCUT2D eigenvalue weighted by Crippen LogP contribution is 1.86. The van der Waals surface area contributed by atoms with Crippen molar-refractivity contribution in [2.75, 3.05) is 6.26 Å². The van der Waals surface area contributed by atoms with E-state index in [0.29, 0.717) is 5.76 Å².